The number of benzene rings is 1. The molecule has 120 valence electrons. The van der Waals surface area contributed by atoms with Crippen LogP contribution in [0.2, 0.25) is 0 Å². The lowest BCUT2D eigenvalue weighted by atomic mass is 10.1. The van der Waals surface area contributed by atoms with Crippen molar-refractivity contribution in [1.82, 2.24) is 14.9 Å². The fourth-order valence-electron chi connectivity index (χ4n) is 2.11. The number of ether oxygens (including phenoxy) is 1. The number of nitrogens with zero attached hydrogens (tertiary/aromatic N) is 1. The molecule has 0 amide bonds. The van der Waals surface area contributed by atoms with Crippen LogP contribution in [0.25, 0.3) is 11.3 Å². The molecule has 0 radical (unpaired) electrons. The van der Waals surface area contributed by atoms with Gasteiger partial charge in [-0.05, 0) is 37.6 Å². The molecule has 2 aromatic rings. The monoisotopic (exact) mass is 323 g/mol. The Balaban J connectivity index is 2.12. The highest BCUT2D eigenvalue weighted by Gasteiger charge is 2.12. The predicted molar refractivity (Wildman–Crippen MR) is 86.1 cm³/mol. The highest BCUT2D eigenvalue weighted by atomic mass is 32.2. The van der Waals surface area contributed by atoms with Gasteiger partial charge in [0.1, 0.15) is 5.75 Å². The van der Waals surface area contributed by atoms with E-state index in [0.717, 1.165) is 22.6 Å². The number of hydrogen-bond donors (Lipinski definition) is 2. The molecule has 7 heteroatoms. The summed E-state index contributed by atoms with van der Waals surface area (Å²) in [7, 11) is -3.23. The first kappa shape index (κ1) is 16.5. The Morgan fingerprint density at radius 3 is 2.59 bits per heavy atom. The SMILES string of the molecule is CCCS(=O)(=O)NCc1cn[nH]c1-c1ccc(OCC)cc1. The van der Waals surface area contributed by atoms with Crippen molar-refractivity contribution in [2.24, 2.45) is 0 Å². The maximum atomic E-state index is 11.7. The summed E-state index contributed by atoms with van der Waals surface area (Å²) >= 11 is 0. The fourth-order valence-corrected chi connectivity index (χ4v) is 3.17. The van der Waals surface area contributed by atoms with Crippen molar-refractivity contribution >= 4 is 10.0 Å². The van der Waals surface area contributed by atoms with Crippen LogP contribution in [0.1, 0.15) is 25.8 Å². The third kappa shape index (κ3) is 4.32. The van der Waals surface area contributed by atoms with E-state index in [1.54, 1.807) is 6.20 Å². The number of sulfonamides is 1. The first-order valence-corrected chi connectivity index (χ1v) is 8.93. The summed E-state index contributed by atoms with van der Waals surface area (Å²) in [6.07, 6.45) is 2.23. The quantitative estimate of drug-likeness (QED) is 0.781. The highest BCUT2D eigenvalue weighted by Crippen LogP contribution is 2.23. The zero-order chi connectivity index (χ0) is 16.0. The lowest BCUT2D eigenvalue weighted by Gasteiger charge is -2.07. The third-order valence-electron chi connectivity index (χ3n) is 3.13. The summed E-state index contributed by atoms with van der Waals surface area (Å²) in [6, 6.07) is 7.60. The molecule has 6 nitrogen and oxygen atoms in total. The van der Waals surface area contributed by atoms with Crippen molar-refractivity contribution in [3.05, 3.63) is 36.0 Å². The van der Waals surface area contributed by atoms with E-state index in [4.69, 9.17) is 4.74 Å². The summed E-state index contributed by atoms with van der Waals surface area (Å²) in [5.41, 5.74) is 2.55. The minimum Gasteiger partial charge on any atom is -0.494 e. The van der Waals surface area contributed by atoms with Crippen LogP contribution in [0.3, 0.4) is 0 Å². The van der Waals surface area contributed by atoms with E-state index in [1.165, 1.54) is 0 Å². The topological polar surface area (TPSA) is 84.1 Å². The Hall–Kier alpha value is -1.86. The molecule has 0 aliphatic carbocycles. The molecule has 2 rings (SSSR count). The van der Waals surface area contributed by atoms with Crippen LogP contribution in [0.4, 0.5) is 0 Å². The maximum Gasteiger partial charge on any atom is 0.211 e. The average molecular weight is 323 g/mol. The van der Waals surface area contributed by atoms with Gasteiger partial charge < -0.3 is 4.74 Å². The predicted octanol–water partition coefficient (Wildman–Crippen LogP) is 2.30. The normalized spacial score (nSPS) is 11.5. The van der Waals surface area contributed by atoms with E-state index in [-0.39, 0.29) is 12.3 Å². The molecule has 1 aromatic heterocycles. The molecule has 0 spiro atoms. The highest BCUT2D eigenvalue weighted by molar-refractivity contribution is 7.89. The Morgan fingerprint density at radius 2 is 1.95 bits per heavy atom. The standard InChI is InChI=1S/C15H21N3O3S/c1-3-9-22(19,20)17-11-13-10-16-18-15(13)12-5-7-14(8-6-12)21-4-2/h5-8,10,17H,3-4,9,11H2,1-2H3,(H,16,18). The Kier molecular flexibility index (Phi) is 5.57. The number of rotatable bonds is 8. The van der Waals surface area contributed by atoms with Crippen molar-refractivity contribution in [2.75, 3.05) is 12.4 Å². The molecular formula is C15H21N3O3S. The minimum atomic E-state index is -3.23. The molecule has 1 aromatic carbocycles. The van der Waals surface area contributed by atoms with Gasteiger partial charge in [0.15, 0.2) is 0 Å². The van der Waals surface area contributed by atoms with Crippen LogP contribution in [0.15, 0.2) is 30.5 Å². The zero-order valence-corrected chi connectivity index (χ0v) is 13.6. The van der Waals surface area contributed by atoms with Crippen molar-refractivity contribution in [2.45, 2.75) is 26.8 Å². The second-order valence-corrected chi connectivity index (χ2v) is 6.79. The number of hydrogen-bond acceptors (Lipinski definition) is 4. The second kappa shape index (κ2) is 7.42. The molecule has 1 heterocycles. The van der Waals surface area contributed by atoms with Gasteiger partial charge in [0.2, 0.25) is 10.0 Å². The molecule has 0 unspecified atom stereocenters. The van der Waals surface area contributed by atoms with Gasteiger partial charge in [0.25, 0.3) is 0 Å². The van der Waals surface area contributed by atoms with Crippen LogP contribution in [-0.2, 0) is 16.6 Å². The van der Waals surface area contributed by atoms with Gasteiger partial charge in [-0.2, -0.15) is 5.10 Å². The lowest BCUT2D eigenvalue weighted by Crippen LogP contribution is -2.25. The van der Waals surface area contributed by atoms with Gasteiger partial charge in [0.05, 0.1) is 24.3 Å². The molecule has 0 saturated carbocycles. The number of nitrogens with one attached hydrogen (secondary N) is 2. The number of H-pyrrole nitrogens is 1. The minimum absolute atomic E-state index is 0.128. The maximum absolute atomic E-state index is 11.7. The second-order valence-electron chi connectivity index (χ2n) is 4.87. The van der Waals surface area contributed by atoms with Gasteiger partial charge in [-0.3, -0.25) is 5.10 Å². The largest absolute Gasteiger partial charge is 0.494 e. The molecule has 0 aliphatic heterocycles. The first-order valence-electron chi connectivity index (χ1n) is 7.28. The van der Waals surface area contributed by atoms with Gasteiger partial charge >= 0.3 is 0 Å². The molecule has 0 fully saturated rings. The molecule has 0 bridgehead atoms. The van der Waals surface area contributed by atoms with E-state index in [9.17, 15) is 8.42 Å². The van der Waals surface area contributed by atoms with Gasteiger partial charge in [-0.25, -0.2) is 13.1 Å². The smallest absolute Gasteiger partial charge is 0.211 e. The summed E-state index contributed by atoms with van der Waals surface area (Å²) in [5.74, 6) is 0.930. The van der Waals surface area contributed by atoms with E-state index in [0.29, 0.717) is 13.0 Å². The van der Waals surface area contributed by atoms with Crippen molar-refractivity contribution < 1.29 is 13.2 Å². The van der Waals surface area contributed by atoms with Gasteiger partial charge in [-0.15, -0.1) is 0 Å². The summed E-state index contributed by atoms with van der Waals surface area (Å²) in [6.45, 7) is 4.61. The molecule has 0 aliphatic rings. The van der Waals surface area contributed by atoms with E-state index in [1.807, 2.05) is 38.1 Å². The molecule has 0 atom stereocenters. The third-order valence-corrected chi connectivity index (χ3v) is 4.66. The van der Waals surface area contributed by atoms with Crippen LogP contribution >= 0.6 is 0 Å². The zero-order valence-electron chi connectivity index (χ0n) is 12.8. The van der Waals surface area contributed by atoms with Crippen molar-refractivity contribution in [1.29, 1.82) is 0 Å². The Labute approximate surface area is 130 Å². The van der Waals surface area contributed by atoms with Gasteiger partial charge in [0, 0.05) is 17.7 Å². The Bertz CT molecular complexity index is 693. The number of aromatic amines is 1. The number of aromatic nitrogens is 2. The van der Waals surface area contributed by atoms with E-state index < -0.39 is 10.0 Å². The average Bonchev–Trinajstić information content (AvgIpc) is 2.95. The van der Waals surface area contributed by atoms with Gasteiger partial charge in [-0.1, -0.05) is 6.92 Å². The van der Waals surface area contributed by atoms with E-state index in [2.05, 4.69) is 14.9 Å². The summed E-state index contributed by atoms with van der Waals surface area (Å²) in [5, 5.41) is 6.93. The van der Waals surface area contributed by atoms with Crippen molar-refractivity contribution in [3.63, 3.8) is 0 Å². The van der Waals surface area contributed by atoms with Crippen LogP contribution in [0, 0.1) is 0 Å². The Morgan fingerprint density at radius 1 is 1.23 bits per heavy atom. The molecule has 22 heavy (non-hydrogen) atoms. The van der Waals surface area contributed by atoms with E-state index >= 15 is 0 Å². The van der Waals surface area contributed by atoms with Crippen LogP contribution in [-0.4, -0.2) is 31.0 Å². The van der Waals surface area contributed by atoms with Crippen LogP contribution in [0.5, 0.6) is 5.75 Å². The molecule has 2 N–H and O–H groups in total. The fraction of sp³-hybridized carbons (Fsp3) is 0.400. The molecular weight excluding hydrogens is 302 g/mol. The van der Waals surface area contributed by atoms with Crippen molar-refractivity contribution in [3.8, 4) is 17.0 Å². The summed E-state index contributed by atoms with van der Waals surface area (Å²) in [4.78, 5) is 0. The molecule has 0 saturated heterocycles. The van der Waals surface area contributed by atoms with Crippen LogP contribution < -0.4 is 9.46 Å². The first-order chi connectivity index (χ1) is 10.6. The lowest BCUT2D eigenvalue weighted by molar-refractivity contribution is 0.340. The summed E-state index contributed by atoms with van der Waals surface area (Å²) < 4.78 is 31.5.